The lowest BCUT2D eigenvalue weighted by Crippen LogP contribution is -2.46. The predicted octanol–water partition coefficient (Wildman–Crippen LogP) is -1.59. The number of fused-ring (bicyclic) bond motifs is 1. The van der Waals surface area contributed by atoms with Crippen LogP contribution in [0.15, 0.2) is 12.7 Å². The molecule has 0 saturated carbocycles. The number of imidazole rings is 1. The fourth-order valence-corrected chi connectivity index (χ4v) is 2.34. The first-order valence-corrected chi connectivity index (χ1v) is 6.17. The third-order valence-electron chi connectivity index (χ3n) is 3.39. The van der Waals surface area contributed by atoms with Gasteiger partial charge in [-0.15, -0.1) is 0 Å². The summed E-state index contributed by atoms with van der Waals surface area (Å²) in [6, 6.07) is 0. The molecule has 9 heteroatoms. The molecule has 1 saturated heterocycles. The molecule has 1 aliphatic heterocycles. The lowest BCUT2D eigenvalue weighted by molar-refractivity contribution is -0.204. The van der Waals surface area contributed by atoms with E-state index in [9.17, 15) is 15.3 Å². The molecule has 0 aliphatic carbocycles. The largest absolute Gasteiger partial charge is 0.394 e. The maximum absolute atomic E-state index is 10.1. The molecule has 5 N–H and O–H groups in total. The molecule has 2 unspecified atom stereocenters. The third-order valence-corrected chi connectivity index (χ3v) is 3.39. The summed E-state index contributed by atoms with van der Waals surface area (Å²) in [5, 5.41) is 29.1. The van der Waals surface area contributed by atoms with Crippen molar-refractivity contribution >= 4 is 17.0 Å². The lowest BCUT2D eigenvalue weighted by Gasteiger charge is -2.36. The average Bonchev–Trinajstić information content (AvgIpc) is 2.87. The van der Waals surface area contributed by atoms with E-state index in [1.165, 1.54) is 17.2 Å². The molecule has 1 fully saturated rings. The highest BCUT2D eigenvalue weighted by molar-refractivity contribution is 5.81. The first-order chi connectivity index (χ1) is 9.61. The number of ether oxygens (including phenoxy) is 1. The topological polar surface area (TPSA) is 140 Å². The summed E-state index contributed by atoms with van der Waals surface area (Å²) < 4.78 is 7.05. The number of rotatable bonds is 2. The van der Waals surface area contributed by atoms with Gasteiger partial charge in [-0.05, 0) is 0 Å². The Hall–Kier alpha value is -1.81. The van der Waals surface area contributed by atoms with E-state index in [1.807, 2.05) is 0 Å². The Labute approximate surface area is 113 Å². The summed E-state index contributed by atoms with van der Waals surface area (Å²) in [6.45, 7) is -0.246. The second kappa shape index (κ2) is 4.94. The summed E-state index contributed by atoms with van der Waals surface area (Å²) in [4.78, 5) is 12.0. The van der Waals surface area contributed by atoms with E-state index in [4.69, 9.17) is 10.5 Å². The van der Waals surface area contributed by atoms with Crippen LogP contribution in [-0.2, 0) is 4.74 Å². The van der Waals surface area contributed by atoms with Gasteiger partial charge in [0.25, 0.3) is 0 Å². The molecule has 0 aromatic carbocycles. The van der Waals surface area contributed by atoms with Crippen molar-refractivity contribution in [1.82, 2.24) is 19.5 Å². The van der Waals surface area contributed by atoms with E-state index in [1.54, 1.807) is 0 Å². The molecular formula is C11H15N5O4. The first kappa shape index (κ1) is 13.2. The van der Waals surface area contributed by atoms with Gasteiger partial charge in [0.15, 0.2) is 17.7 Å². The third kappa shape index (κ3) is 2.00. The van der Waals surface area contributed by atoms with Gasteiger partial charge < -0.3 is 25.8 Å². The Morgan fingerprint density at radius 3 is 2.90 bits per heavy atom. The lowest BCUT2D eigenvalue weighted by atomic mass is 10.0. The first-order valence-electron chi connectivity index (χ1n) is 6.17. The Bertz CT molecular complexity index is 618. The molecule has 1 aliphatic rings. The van der Waals surface area contributed by atoms with Crippen LogP contribution in [0.25, 0.3) is 11.2 Å². The fourth-order valence-electron chi connectivity index (χ4n) is 2.34. The predicted molar refractivity (Wildman–Crippen MR) is 67.4 cm³/mol. The standard InChI is InChI=1S/C11H15N5O4/c12-9-7-10(14-3-13-9)16(4-15-7)11-8(19)6(18)1-5(2-17)20-11/h3-6,8,11,17-19H,1-2H2,(H2,12,13,14)/t5-,6?,8?,11-/m1/s1. The number of aliphatic hydroxyl groups is 3. The Morgan fingerprint density at radius 1 is 1.35 bits per heavy atom. The van der Waals surface area contributed by atoms with Crippen molar-refractivity contribution in [2.24, 2.45) is 0 Å². The number of hydrogen-bond donors (Lipinski definition) is 4. The minimum Gasteiger partial charge on any atom is -0.394 e. The van der Waals surface area contributed by atoms with Gasteiger partial charge >= 0.3 is 0 Å². The number of nitrogens with two attached hydrogens (primary N) is 1. The van der Waals surface area contributed by atoms with Gasteiger partial charge in [0, 0.05) is 6.42 Å². The van der Waals surface area contributed by atoms with Crippen molar-refractivity contribution in [1.29, 1.82) is 0 Å². The number of nitrogens with zero attached hydrogens (tertiary/aromatic N) is 4. The van der Waals surface area contributed by atoms with Crippen molar-refractivity contribution in [3.05, 3.63) is 12.7 Å². The van der Waals surface area contributed by atoms with Gasteiger partial charge in [0.2, 0.25) is 0 Å². The van der Waals surface area contributed by atoms with Gasteiger partial charge in [-0.3, -0.25) is 4.57 Å². The van der Waals surface area contributed by atoms with Crippen LogP contribution < -0.4 is 5.73 Å². The highest BCUT2D eigenvalue weighted by Crippen LogP contribution is 2.30. The molecule has 2 aromatic heterocycles. The molecule has 108 valence electrons. The maximum atomic E-state index is 10.1. The van der Waals surface area contributed by atoms with Crippen molar-refractivity contribution in [2.75, 3.05) is 12.3 Å². The summed E-state index contributed by atoms with van der Waals surface area (Å²) in [5.74, 6) is 0.221. The Balaban J connectivity index is 2.03. The van der Waals surface area contributed by atoms with E-state index in [2.05, 4.69) is 15.0 Å². The number of anilines is 1. The van der Waals surface area contributed by atoms with Crippen LogP contribution in [0.4, 0.5) is 5.82 Å². The van der Waals surface area contributed by atoms with Crippen LogP contribution >= 0.6 is 0 Å². The summed E-state index contributed by atoms with van der Waals surface area (Å²) in [6.07, 6.45) is -0.738. The molecular weight excluding hydrogens is 266 g/mol. The van der Waals surface area contributed by atoms with Gasteiger partial charge in [0.05, 0.1) is 25.1 Å². The SMILES string of the molecule is Nc1ncnc2c1ncn2[C@@H]1O[C@@H](CO)CC(O)C1O. The monoisotopic (exact) mass is 281 g/mol. The molecule has 0 bridgehead atoms. The number of nitrogen functional groups attached to an aromatic ring is 1. The van der Waals surface area contributed by atoms with Crippen molar-refractivity contribution in [2.45, 2.75) is 31.0 Å². The molecule has 2 aromatic rings. The van der Waals surface area contributed by atoms with Crippen molar-refractivity contribution in [3.8, 4) is 0 Å². The van der Waals surface area contributed by atoms with Gasteiger partial charge in [-0.1, -0.05) is 0 Å². The molecule has 3 rings (SSSR count). The fraction of sp³-hybridized carbons (Fsp3) is 0.545. The van der Waals surface area contributed by atoms with Crippen LogP contribution in [0, 0.1) is 0 Å². The van der Waals surface area contributed by atoms with Gasteiger partial charge in [-0.2, -0.15) is 0 Å². The van der Waals surface area contributed by atoms with Crippen LogP contribution in [0.5, 0.6) is 0 Å². The van der Waals surface area contributed by atoms with E-state index in [0.717, 1.165) is 0 Å². The second-order valence-electron chi connectivity index (χ2n) is 4.71. The average molecular weight is 281 g/mol. The van der Waals surface area contributed by atoms with Crippen molar-refractivity contribution in [3.63, 3.8) is 0 Å². The molecule has 0 amide bonds. The van der Waals surface area contributed by atoms with E-state index in [-0.39, 0.29) is 18.8 Å². The van der Waals surface area contributed by atoms with Crippen LogP contribution in [-0.4, -0.2) is 59.8 Å². The molecule has 3 heterocycles. The zero-order valence-electron chi connectivity index (χ0n) is 10.5. The molecule has 0 radical (unpaired) electrons. The van der Waals surface area contributed by atoms with E-state index in [0.29, 0.717) is 11.2 Å². The Morgan fingerprint density at radius 2 is 2.15 bits per heavy atom. The maximum Gasteiger partial charge on any atom is 0.167 e. The molecule has 20 heavy (non-hydrogen) atoms. The van der Waals surface area contributed by atoms with Gasteiger partial charge in [0.1, 0.15) is 17.9 Å². The van der Waals surface area contributed by atoms with Crippen LogP contribution in [0.1, 0.15) is 12.6 Å². The highest BCUT2D eigenvalue weighted by Gasteiger charge is 2.38. The molecule has 9 nitrogen and oxygen atoms in total. The van der Waals surface area contributed by atoms with Gasteiger partial charge in [-0.25, -0.2) is 15.0 Å². The second-order valence-corrected chi connectivity index (χ2v) is 4.71. The Kier molecular flexibility index (Phi) is 3.26. The molecule has 4 atom stereocenters. The number of hydrogen-bond acceptors (Lipinski definition) is 8. The minimum atomic E-state index is -1.15. The van der Waals surface area contributed by atoms with E-state index >= 15 is 0 Å². The minimum absolute atomic E-state index is 0.165. The smallest absolute Gasteiger partial charge is 0.167 e. The zero-order valence-corrected chi connectivity index (χ0v) is 10.5. The summed E-state index contributed by atoms with van der Waals surface area (Å²) in [7, 11) is 0. The summed E-state index contributed by atoms with van der Waals surface area (Å²) in [5.41, 5.74) is 6.48. The molecule has 0 spiro atoms. The summed E-state index contributed by atoms with van der Waals surface area (Å²) >= 11 is 0. The van der Waals surface area contributed by atoms with Crippen molar-refractivity contribution < 1.29 is 20.1 Å². The van der Waals surface area contributed by atoms with E-state index < -0.39 is 24.5 Å². The highest BCUT2D eigenvalue weighted by atomic mass is 16.5. The van der Waals surface area contributed by atoms with Crippen LogP contribution in [0.2, 0.25) is 0 Å². The van der Waals surface area contributed by atoms with Crippen LogP contribution in [0.3, 0.4) is 0 Å². The zero-order chi connectivity index (χ0) is 14.3. The quantitative estimate of drug-likeness (QED) is 0.516. The normalized spacial score (nSPS) is 30.8. The number of aliphatic hydroxyl groups excluding tert-OH is 3. The number of aromatic nitrogens is 4.